The summed E-state index contributed by atoms with van der Waals surface area (Å²) in [5.41, 5.74) is 6.34. The van der Waals surface area contributed by atoms with Crippen LogP contribution in [0.15, 0.2) is 48.0 Å². The van der Waals surface area contributed by atoms with Crippen LogP contribution in [0.4, 0.5) is 4.39 Å². The number of benzene rings is 2. The van der Waals surface area contributed by atoms with Crippen LogP contribution in [0.5, 0.6) is 0 Å². The summed E-state index contributed by atoms with van der Waals surface area (Å²) in [5.74, 6) is -0.335. The van der Waals surface area contributed by atoms with Gasteiger partial charge in [-0.15, -0.1) is 12.6 Å². The topological polar surface area (TPSA) is 17.1 Å². The molecule has 0 heterocycles. The molecule has 1 nitrogen and oxygen atoms in total. The fourth-order valence-electron chi connectivity index (χ4n) is 3.07. The number of aryl methyl sites for hydroxylation is 1. The molecule has 0 N–H and O–H groups in total. The molecule has 0 radical (unpaired) electrons. The van der Waals surface area contributed by atoms with Crippen molar-refractivity contribution in [3.05, 3.63) is 76.1 Å². The summed E-state index contributed by atoms with van der Waals surface area (Å²) in [7, 11) is 0. The van der Waals surface area contributed by atoms with E-state index in [0.29, 0.717) is 0 Å². The monoisotopic (exact) mass is 358 g/mol. The van der Waals surface area contributed by atoms with E-state index < -0.39 is 5.24 Å². The zero-order valence-electron chi connectivity index (χ0n) is 13.4. The lowest BCUT2D eigenvalue weighted by Crippen LogP contribution is -1.91. The van der Waals surface area contributed by atoms with Crippen molar-refractivity contribution in [1.29, 1.82) is 0 Å². The highest BCUT2D eigenvalue weighted by Gasteiger charge is 2.27. The van der Waals surface area contributed by atoms with Gasteiger partial charge in [-0.25, -0.2) is 4.39 Å². The molecule has 0 spiro atoms. The standard InChI is InChI=1S/C20H16ClFOS/c1-11-3-5-13(6-4-11)20(24)19-12(2)16(10-18(21)23)17-9-14(22)7-8-15(17)19/h3-9,24H,10H2,1-2H3/b20-19-. The number of thiol groups is 1. The first kappa shape index (κ1) is 17.0. The second-order valence-electron chi connectivity index (χ2n) is 5.91. The summed E-state index contributed by atoms with van der Waals surface area (Å²) in [6, 6.07) is 12.7. The smallest absolute Gasteiger partial charge is 0.226 e. The van der Waals surface area contributed by atoms with Gasteiger partial charge in [0.15, 0.2) is 0 Å². The van der Waals surface area contributed by atoms with Gasteiger partial charge in [-0.2, -0.15) is 0 Å². The van der Waals surface area contributed by atoms with Gasteiger partial charge in [-0.05, 0) is 71.0 Å². The van der Waals surface area contributed by atoms with Gasteiger partial charge >= 0.3 is 0 Å². The van der Waals surface area contributed by atoms with E-state index in [-0.39, 0.29) is 12.2 Å². The Balaban J connectivity index is 2.24. The average Bonchev–Trinajstić information content (AvgIpc) is 2.79. The molecule has 3 rings (SSSR count). The van der Waals surface area contributed by atoms with Crippen molar-refractivity contribution in [2.24, 2.45) is 0 Å². The number of fused-ring (bicyclic) bond motifs is 1. The first-order valence-electron chi connectivity index (χ1n) is 7.57. The van der Waals surface area contributed by atoms with E-state index in [1.54, 1.807) is 6.07 Å². The Morgan fingerprint density at radius 3 is 2.38 bits per heavy atom. The van der Waals surface area contributed by atoms with Gasteiger partial charge in [-0.1, -0.05) is 35.9 Å². The third-order valence-corrected chi connectivity index (χ3v) is 4.90. The summed E-state index contributed by atoms with van der Waals surface area (Å²) in [6.45, 7) is 3.95. The maximum absolute atomic E-state index is 13.7. The molecule has 0 aromatic heterocycles. The van der Waals surface area contributed by atoms with Crippen LogP contribution in [0.2, 0.25) is 0 Å². The molecule has 0 bridgehead atoms. The third-order valence-electron chi connectivity index (χ3n) is 4.28. The molecule has 2 aromatic rings. The molecule has 122 valence electrons. The highest BCUT2D eigenvalue weighted by molar-refractivity contribution is 7.90. The zero-order chi connectivity index (χ0) is 17.4. The van der Waals surface area contributed by atoms with Crippen LogP contribution in [0, 0.1) is 12.7 Å². The molecule has 0 unspecified atom stereocenters. The van der Waals surface area contributed by atoms with Crippen molar-refractivity contribution in [2.75, 3.05) is 0 Å². The largest absolute Gasteiger partial charge is 0.281 e. The van der Waals surface area contributed by atoms with Crippen LogP contribution >= 0.6 is 24.2 Å². The number of allylic oxidation sites excluding steroid dienone is 3. The molecule has 2 aromatic carbocycles. The summed E-state index contributed by atoms with van der Waals surface area (Å²) >= 11 is 10.3. The van der Waals surface area contributed by atoms with E-state index in [2.05, 4.69) is 0 Å². The zero-order valence-corrected chi connectivity index (χ0v) is 15.0. The summed E-state index contributed by atoms with van der Waals surface area (Å²) in [6.07, 6.45) is 0.0717. The lowest BCUT2D eigenvalue weighted by molar-refractivity contribution is -0.110. The van der Waals surface area contributed by atoms with Crippen LogP contribution < -0.4 is 0 Å². The lowest BCUT2D eigenvalue weighted by atomic mass is 10.00. The molecule has 0 aliphatic heterocycles. The maximum Gasteiger partial charge on any atom is 0.226 e. The van der Waals surface area contributed by atoms with Crippen molar-refractivity contribution in [1.82, 2.24) is 0 Å². The van der Waals surface area contributed by atoms with Crippen molar-refractivity contribution in [2.45, 2.75) is 20.3 Å². The normalized spacial score (nSPS) is 15.5. The molecule has 0 fully saturated rings. The number of rotatable bonds is 3. The van der Waals surface area contributed by atoms with Gasteiger partial charge in [0, 0.05) is 11.3 Å². The number of carbonyl (C=O) groups is 1. The first-order valence-corrected chi connectivity index (χ1v) is 8.40. The quantitative estimate of drug-likeness (QED) is 0.536. The molecule has 0 atom stereocenters. The van der Waals surface area contributed by atoms with Gasteiger partial charge in [0.05, 0.1) is 0 Å². The molecular formula is C20H16ClFOS. The summed E-state index contributed by atoms with van der Waals surface area (Å²) < 4.78 is 13.7. The Hall–Kier alpha value is -1.84. The van der Waals surface area contributed by atoms with Gasteiger partial charge in [0.25, 0.3) is 0 Å². The van der Waals surface area contributed by atoms with E-state index >= 15 is 0 Å². The fourth-order valence-corrected chi connectivity index (χ4v) is 3.64. The Labute approximate surface area is 151 Å². The van der Waals surface area contributed by atoms with E-state index in [9.17, 15) is 9.18 Å². The van der Waals surface area contributed by atoms with Gasteiger partial charge in [-0.3, -0.25) is 4.79 Å². The number of hydrogen-bond donors (Lipinski definition) is 1. The SMILES string of the molecule is CC1=C(CC(=O)Cl)c2cc(F)ccc2/C1=C(\S)c1ccc(C)cc1. The van der Waals surface area contributed by atoms with Crippen LogP contribution in [-0.2, 0) is 4.79 Å². The maximum atomic E-state index is 13.7. The molecule has 0 amide bonds. The second-order valence-corrected chi connectivity index (χ2v) is 6.78. The summed E-state index contributed by atoms with van der Waals surface area (Å²) in [5, 5.41) is -0.461. The highest BCUT2D eigenvalue weighted by atomic mass is 35.5. The fraction of sp³-hybridized carbons (Fsp3) is 0.150. The van der Waals surface area contributed by atoms with Crippen LogP contribution in [0.25, 0.3) is 16.1 Å². The molecule has 24 heavy (non-hydrogen) atoms. The minimum absolute atomic E-state index is 0.0717. The van der Waals surface area contributed by atoms with Crippen molar-refractivity contribution < 1.29 is 9.18 Å². The van der Waals surface area contributed by atoms with Gasteiger partial charge < -0.3 is 0 Å². The van der Waals surface area contributed by atoms with Crippen molar-refractivity contribution in [3.63, 3.8) is 0 Å². The van der Waals surface area contributed by atoms with Crippen LogP contribution in [0.1, 0.15) is 35.6 Å². The highest BCUT2D eigenvalue weighted by Crippen LogP contribution is 2.47. The van der Waals surface area contributed by atoms with E-state index in [1.165, 1.54) is 17.7 Å². The van der Waals surface area contributed by atoms with E-state index in [4.69, 9.17) is 24.2 Å². The summed E-state index contributed by atoms with van der Waals surface area (Å²) in [4.78, 5) is 12.2. The van der Waals surface area contributed by atoms with Crippen molar-refractivity contribution >= 4 is 45.5 Å². The minimum atomic E-state index is -0.461. The predicted molar refractivity (Wildman–Crippen MR) is 101 cm³/mol. The molecule has 0 saturated heterocycles. The third kappa shape index (κ3) is 3.06. The van der Waals surface area contributed by atoms with E-state index in [1.807, 2.05) is 38.1 Å². The molecular weight excluding hydrogens is 343 g/mol. The molecule has 1 aliphatic carbocycles. The Morgan fingerprint density at radius 1 is 1.08 bits per heavy atom. The minimum Gasteiger partial charge on any atom is -0.281 e. The lowest BCUT2D eigenvalue weighted by Gasteiger charge is -2.10. The number of hydrogen-bond acceptors (Lipinski definition) is 2. The second kappa shape index (κ2) is 6.58. The number of carbonyl (C=O) groups excluding carboxylic acids is 1. The number of halogens is 2. The van der Waals surface area contributed by atoms with E-state index in [0.717, 1.165) is 38.3 Å². The van der Waals surface area contributed by atoms with Crippen LogP contribution in [0.3, 0.4) is 0 Å². The van der Waals surface area contributed by atoms with Crippen LogP contribution in [-0.4, -0.2) is 5.24 Å². The predicted octanol–water partition coefficient (Wildman–Crippen LogP) is 5.87. The van der Waals surface area contributed by atoms with Gasteiger partial charge in [0.1, 0.15) is 5.82 Å². The molecule has 0 saturated carbocycles. The molecule has 4 heteroatoms. The molecule has 1 aliphatic rings. The average molecular weight is 359 g/mol. The van der Waals surface area contributed by atoms with Crippen molar-refractivity contribution in [3.8, 4) is 0 Å². The Bertz CT molecular complexity index is 894. The Morgan fingerprint density at radius 2 is 1.75 bits per heavy atom. The Kier molecular flexibility index (Phi) is 4.66. The first-order chi connectivity index (χ1) is 11.4. The van der Waals surface area contributed by atoms with Gasteiger partial charge in [0.2, 0.25) is 5.24 Å².